The van der Waals surface area contributed by atoms with Gasteiger partial charge in [-0.05, 0) is 38.0 Å². The summed E-state index contributed by atoms with van der Waals surface area (Å²) in [4.78, 5) is 12.3. The van der Waals surface area contributed by atoms with Crippen molar-refractivity contribution in [3.63, 3.8) is 0 Å². The van der Waals surface area contributed by atoms with E-state index in [0.29, 0.717) is 17.4 Å². The molecule has 1 fully saturated rings. The molecule has 3 rings (SSSR count). The molecule has 2 aromatic rings. The minimum atomic E-state index is -0.104. The van der Waals surface area contributed by atoms with Gasteiger partial charge in [0, 0.05) is 17.9 Å². The lowest BCUT2D eigenvalue weighted by Crippen LogP contribution is -2.16. The van der Waals surface area contributed by atoms with E-state index in [4.69, 9.17) is 5.73 Å². The number of nitrogen functional groups attached to an aromatic ring is 1. The Hall–Kier alpha value is -2.23. The van der Waals surface area contributed by atoms with Gasteiger partial charge in [-0.2, -0.15) is 0 Å². The lowest BCUT2D eigenvalue weighted by Gasteiger charge is -2.08. The molecule has 1 heterocycles. The number of hydrogen-bond acceptors (Lipinski definition) is 2. The summed E-state index contributed by atoms with van der Waals surface area (Å²) in [6.45, 7) is 2.02. The van der Waals surface area contributed by atoms with E-state index in [1.807, 2.05) is 42.0 Å². The highest BCUT2D eigenvalue weighted by atomic mass is 16.1. The fourth-order valence-electron chi connectivity index (χ4n) is 2.17. The van der Waals surface area contributed by atoms with E-state index >= 15 is 0 Å². The molecule has 4 heteroatoms. The number of carbonyl (C=O) groups excluding carboxylic acids is 1. The highest BCUT2D eigenvalue weighted by molar-refractivity contribution is 6.03. The number of nitrogens with zero attached hydrogens (tertiary/aromatic N) is 1. The van der Waals surface area contributed by atoms with Crippen LogP contribution >= 0.6 is 0 Å². The molecule has 1 aliphatic carbocycles. The van der Waals surface area contributed by atoms with Crippen LogP contribution in [0.3, 0.4) is 0 Å². The molecule has 1 aliphatic rings. The van der Waals surface area contributed by atoms with E-state index in [0.717, 1.165) is 18.5 Å². The predicted octanol–water partition coefficient (Wildman–Crippen LogP) is 2.97. The topological polar surface area (TPSA) is 60.1 Å². The Balaban J connectivity index is 1.82. The van der Waals surface area contributed by atoms with Gasteiger partial charge in [0.25, 0.3) is 5.91 Å². The van der Waals surface area contributed by atoms with Crippen LogP contribution in [0.5, 0.6) is 0 Å². The molecule has 0 atom stereocenters. The lowest BCUT2D eigenvalue weighted by atomic mass is 10.2. The third-order valence-electron chi connectivity index (χ3n) is 3.35. The Labute approximate surface area is 112 Å². The first kappa shape index (κ1) is 11.8. The molecule has 0 saturated heterocycles. The summed E-state index contributed by atoms with van der Waals surface area (Å²) in [5, 5.41) is 2.91. The third kappa shape index (κ3) is 2.47. The van der Waals surface area contributed by atoms with Gasteiger partial charge in [-0.3, -0.25) is 4.79 Å². The number of amides is 1. The van der Waals surface area contributed by atoms with Gasteiger partial charge in [-0.25, -0.2) is 0 Å². The maximum Gasteiger partial charge on any atom is 0.272 e. The van der Waals surface area contributed by atoms with Gasteiger partial charge in [0.1, 0.15) is 5.69 Å². The molecule has 0 radical (unpaired) electrons. The molecule has 0 bridgehead atoms. The van der Waals surface area contributed by atoms with Crippen LogP contribution in [0.25, 0.3) is 0 Å². The van der Waals surface area contributed by atoms with Crippen LogP contribution < -0.4 is 11.1 Å². The van der Waals surface area contributed by atoms with Gasteiger partial charge in [0.05, 0.1) is 5.69 Å². The van der Waals surface area contributed by atoms with Crippen LogP contribution in [-0.2, 0) is 0 Å². The van der Waals surface area contributed by atoms with E-state index in [2.05, 4.69) is 5.32 Å². The smallest absolute Gasteiger partial charge is 0.272 e. The number of carbonyl (C=O) groups is 1. The number of rotatable bonds is 3. The molecule has 0 unspecified atom stereocenters. The van der Waals surface area contributed by atoms with E-state index in [1.165, 1.54) is 5.56 Å². The zero-order valence-corrected chi connectivity index (χ0v) is 10.9. The third-order valence-corrected chi connectivity index (χ3v) is 3.35. The normalized spacial score (nSPS) is 14.4. The van der Waals surface area contributed by atoms with Crippen LogP contribution in [0.4, 0.5) is 11.4 Å². The van der Waals surface area contributed by atoms with Crippen molar-refractivity contribution >= 4 is 17.3 Å². The Morgan fingerprint density at radius 1 is 1.32 bits per heavy atom. The Morgan fingerprint density at radius 3 is 2.63 bits per heavy atom. The maximum absolute atomic E-state index is 12.3. The first-order valence-electron chi connectivity index (χ1n) is 6.49. The molecule has 19 heavy (non-hydrogen) atoms. The average molecular weight is 255 g/mol. The predicted molar refractivity (Wildman–Crippen MR) is 76.2 cm³/mol. The van der Waals surface area contributed by atoms with Gasteiger partial charge >= 0.3 is 0 Å². The van der Waals surface area contributed by atoms with Crippen molar-refractivity contribution in [1.82, 2.24) is 4.57 Å². The first-order chi connectivity index (χ1) is 9.13. The zero-order chi connectivity index (χ0) is 13.4. The highest BCUT2D eigenvalue weighted by Crippen LogP contribution is 2.37. The zero-order valence-electron chi connectivity index (χ0n) is 10.9. The van der Waals surface area contributed by atoms with Crippen molar-refractivity contribution < 1.29 is 4.79 Å². The van der Waals surface area contributed by atoms with Crippen molar-refractivity contribution in [2.45, 2.75) is 25.8 Å². The molecule has 98 valence electrons. The van der Waals surface area contributed by atoms with Crippen molar-refractivity contribution in [3.8, 4) is 0 Å². The largest absolute Gasteiger partial charge is 0.397 e. The average Bonchev–Trinajstić information content (AvgIpc) is 3.15. The Morgan fingerprint density at radius 2 is 2.00 bits per heavy atom. The SMILES string of the molecule is Cc1ccc(NC(=O)c2cc(N)cn2C2CC2)cc1. The standard InChI is InChI=1S/C15H17N3O/c1-10-2-4-12(5-3-10)17-15(19)14-8-11(16)9-18(14)13-6-7-13/h2-5,8-9,13H,6-7,16H2,1H3,(H,17,19). The second-order valence-electron chi connectivity index (χ2n) is 5.12. The second kappa shape index (κ2) is 4.46. The number of aromatic nitrogens is 1. The molecule has 1 saturated carbocycles. The summed E-state index contributed by atoms with van der Waals surface area (Å²) in [6, 6.07) is 9.94. The molecule has 3 N–H and O–H groups in total. The molecule has 1 aromatic heterocycles. The fraction of sp³-hybridized carbons (Fsp3) is 0.267. The summed E-state index contributed by atoms with van der Waals surface area (Å²) >= 11 is 0. The summed E-state index contributed by atoms with van der Waals surface area (Å²) < 4.78 is 1.98. The number of aryl methyl sites for hydroxylation is 1. The van der Waals surface area contributed by atoms with Gasteiger partial charge < -0.3 is 15.6 Å². The number of anilines is 2. The van der Waals surface area contributed by atoms with Gasteiger partial charge in [0.15, 0.2) is 0 Å². The molecule has 1 amide bonds. The Bertz CT molecular complexity index is 609. The number of nitrogens with one attached hydrogen (secondary N) is 1. The first-order valence-corrected chi connectivity index (χ1v) is 6.49. The van der Waals surface area contributed by atoms with E-state index < -0.39 is 0 Å². The van der Waals surface area contributed by atoms with Crippen LogP contribution in [-0.4, -0.2) is 10.5 Å². The minimum absolute atomic E-state index is 0.104. The summed E-state index contributed by atoms with van der Waals surface area (Å²) in [7, 11) is 0. The number of benzene rings is 1. The maximum atomic E-state index is 12.3. The van der Waals surface area contributed by atoms with Crippen LogP contribution in [0.2, 0.25) is 0 Å². The molecular weight excluding hydrogens is 238 g/mol. The molecule has 0 aliphatic heterocycles. The van der Waals surface area contributed by atoms with E-state index in [9.17, 15) is 4.79 Å². The summed E-state index contributed by atoms with van der Waals surface area (Å²) in [5.41, 5.74) is 9.05. The summed E-state index contributed by atoms with van der Waals surface area (Å²) in [5.74, 6) is -0.104. The van der Waals surface area contributed by atoms with Crippen molar-refractivity contribution in [2.75, 3.05) is 11.1 Å². The number of nitrogens with two attached hydrogens (primary N) is 1. The second-order valence-corrected chi connectivity index (χ2v) is 5.12. The quantitative estimate of drug-likeness (QED) is 0.885. The lowest BCUT2D eigenvalue weighted by molar-refractivity contribution is 0.101. The van der Waals surface area contributed by atoms with Crippen molar-refractivity contribution in [3.05, 3.63) is 47.8 Å². The van der Waals surface area contributed by atoms with E-state index in [-0.39, 0.29) is 5.91 Å². The van der Waals surface area contributed by atoms with Gasteiger partial charge in [-0.15, -0.1) is 0 Å². The molecule has 1 aromatic carbocycles. The van der Waals surface area contributed by atoms with Crippen molar-refractivity contribution in [2.24, 2.45) is 0 Å². The highest BCUT2D eigenvalue weighted by Gasteiger charge is 2.27. The monoisotopic (exact) mass is 255 g/mol. The van der Waals surface area contributed by atoms with Gasteiger partial charge in [-0.1, -0.05) is 17.7 Å². The summed E-state index contributed by atoms with van der Waals surface area (Å²) in [6.07, 6.45) is 4.10. The molecular formula is C15H17N3O. The van der Waals surface area contributed by atoms with Crippen LogP contribution in [0.1, 0.15) is 34.9 Å². The molecule has 0 spiro atoms. The minimum Gasteiger partial charge on any atom is -0.397 e. The number of hydrogen-bond donors (Lipinski definition) is 2. The fourth-order valence-corrected chi connectivity index (χ4v) is 2.17. The van der Waals surface area contributed by atoms with Crippen molar-refractivity contribution in [1.29, 1.82) is 0 Å². The van der Waals surface area contributed by atoms with Crippen LogP contribution in [0.15, 0.2) is 36.5 Å². The van der Waals surface area contributed by atoms with Gasteiger partial charge in [0.2, 0.25) is 0 Å². The molecule has 4 nitrogen and oxygen atoms in total. The van der Waals surface area contributed by atoms with E-state index in [1.54, 1.807) is 6.07 Å². The Kier molecular flexibility index (Phi) is 2.78. The van der Waals surface area contributed by atoms with Crippen LogP contribution in [0, 0.1) is 6.92 Å².